The normalized spacial score (nSPS) is 10.9. The minimum Gasteiger partial charge on any atom is -0.487 e. The molecule has 0 spiro atoms. The first-order valence-corrected chi connectivity index (χ1v) is 11.0. The summed E-state index contributed by atoms with van der Waals surface area (Å²) in [5.41, 5.74) is 3.57. The molecular formula is C24H18BrIN2O2. The lowest BCUT2D eigenvalue weighted by Crippen LogP contribution is -2.13. The highest BCUT2D eigenvalue weighted by atomic mass is 127. The van der Waals surface area contributed by atoms with Crippen molar-refractivity contribution >= 4 is 56.2 Å². The predicted molar refractivity (Wildman–Crippen MR) is 131 cm³/mol. The fraction of sp³-hybridized carbons (Fsp3) is 0.0833. The van der Waals surface area contributed by atoms with Crippen LogP contribution in [-0.2, 0) is 11.4 Å². The number of aryl methyl sites for hydroxylation is 1. The highest BCUT2D eigenvalue weighted by Crippen LogP contribution is 2.33. The number of carbonyl (C=O) groups excluding carboxylic acids is 1. The Kier molecular flexibility index (Phi) is 7.66. The van der Waals surface area contributed by atoms with E-state index in [1.165, 1.54) is 0 Å². The van der Waals surface area contributed by atoms with E-state index in [1.807, 2.05) is 67.6 Å². The van der Waals surface area contributed by atoms with Gasteiger partial charge in [-0.2, -0.15) is 5.26 Å². The number of rotatable bonds is 6. The number of hydrogen-bond donors (Lipinski definition) is 1. The molecule has 0 aliphatic carbocycles. The quantitative estimate of drug-likeness (QED) is 0.209. The van der Waals surface area contributed by atoms with Crippen LogP contribution in [0.2, 0.25) is 0 Å². The minimum absolute atomic E-state index is 0.0243. The molecule has 4 nitrogen and oxygen atoms in total. The number of anilines is 1. The fourth-order valence-electron chi connectivity index (χ4n) is 2.68. The number of nitrogens with one attached hydrogen (secondary N) is 1. The van der Waals surface area contributed by atoms with E-state index in [1.54, 1.807) is 18.2 Å². The first-order chi connectivity index (χ1) is 14.5. The van der Waals surface area contributed by atoms with Gasteiger partial charge in [-0.1, -0.05) is 48.0 Å². The van der Waals surface area contributed by atoms with Crippen LogP contribution in [0.15, 0.2) is 76.8 Å². The first-order valence-electron chi connectivity index (χ1n) is 9.12. The zero-order valence-electron chi connectivity index (χ0n) is 16.2. The van der Waals surface area contributed by atoms with Crippen molar-refractivity contribution < 1.29 is 9.53 Å². The number of hydrogen-bond acceptors (Lipinski definition) is 3. The Labute approximate surface area is 197 Å². The molecule has 0 bridgehead atoms. The number of ether oxygens (including phenoxy) is 1. The van der Waals surface area contributed by atoms with E-state index < -0.39 is 5.91 Å². The van der Waals surface area contributed by atoms with Crippen LogP contribution in [0.3, 0.4) is 0 Å². The third-order valence-corrected chi connectivity index (χ3v) is 5.62. The van der Waals surface area contributed by atoms with Gasteiger partial charge in [-0.3, -0.25) is 4.79 Å². The van der Waals surface area contributed by atoms with Gasteiger partial charge in [0.1, 0.15) is 24.0 Å². The van der Waals surface area contributed by atoms with Gasteiger partial charge >= 0.3 is 0 Å². The molecule has 30 heavy (non-hydrogen) atoms. The average molecular weight is 573 g/mol. The SMILES string of the molecule is Cc1ccc(NC(=O)/C(C#N)=C/c2cc(Br)c(OCc3ccccc3)c(I)c2)cc1. The summed E-state index contributed by atoms with van der Waals surface area (Å²) < 4.78 is 7.59. The van der Waals surface area contributed by atoms with Crippen LogP contribution in [-0.4, -0.2) is 5.91 Å². The Morgan fingerprint density at radius 2 is 1.87 bits per heavy atom. The molecule has 0 aromatic heterocycles. The molecule has 0 atom stereocenters. The molecule has 1 N–H and O–H groups in total. The van der Waals surface area contributed by atoms with Crippen LogP contribution in [0.25, 0.3) is 6.08 Å². The second kappa shape index (κ2) is 10.4. The zero-order chi connectivity index (χ0) is 21.5. The summed E-state index contributed by atoms with van der Waals surface area (Å²) in [6, 6.07) is 23.0. The second-order valence-electron chi connectivity index (χ2n) is 6.58. The van der Waals surface area contributed by atoms with Crippen molar-refractivity contribution in [3.05, 3.63) is 97.0 Å². The van der Waals surface area contributed by atoms with Crippen LogP contribution < -0.4 is 10.1 Å². The highest BCUT2D eigenvalue weighted by Gasteiger charge is 2.13. The van der Waals surface area contributed by atoms with Crippen molar-refractivity contribution in [1.82, 2.24) is 0 Å². The van der Waals surface area contributed by atoms with Gasteiger partial charge in [0.25, 0.3) is 5.91 Å². The molecule has 150 valence electrons. The van der Waals surface area contributed by atoms with Crippen molar-refractivity contribution in [2.24, 2.45) is 0 Å². The van der Waals surface area contributed by atoms with Crippen LogP contribution in [0, 0.1) is 21.8 Å². The lowest BCUT2D eigenvalue weighted by molar-refractivity contribution is -0.112. The van der Waals surface area contributed by atoms with E-state index in [-0.39, 0.29) is 5.57 Å². The Hall–Kier alpha value is -2.63. The predicted octanol–water partition coefficient (Wildman–Crippen LogP) is 6.49. The molecule has 0 heterocycles. The third-order valence-electron chi connectivity index (χ3n) is 4.23. The number of halogens is 2. The molecule has 0 radical (unpaired) electrons. The largest absolute Gasteiger partial charge is 0.487 e. The van der Waals surface area contributed by atoms with Gasteiger partial charge in [0.15, 0.2) is 0 Å². The number of nitrogens with zero attached hydrogens (tertiary/aromatic N) is 1. The Balaban J connectivity index is 1.76. The number of amides is 1. The molecule has 0 saturated heterocycles. The summed E-state index contributed by atoms with van der Waals surface area (Å²) in [5.74, 6) is 0.274. The van der Waals surface area contributed by atoms with Gasteiger partial charge in [-0.25, -0.2) is 0 Å². The maximum Gasteiger partial charge on any atom is 0.266 e. The summed E-state index contributed by atoms with van der Waals surface area (Å²) in [5, 5.41) is 12.2. The second-order valence-corrected chi connectivity index (χ2v) is 8.59. The lowest BCUT2D eigenvalue weighted by Gasteiger charge is -2.12. The van der Waals surface area contributed by atoms with Crippen molar-refractivity contribution in [2.75, 3.05) is 5.32 Å². The number of benzene rings is 3. The van der Waals surface area contributed by atoms with E-state index in [0.717, 1.165) is 30.5 Å². The molecule has 3 aromatic rings. The highest BCUT2D eigenvalue weighted by molar-refractivity contribution is 14.1. The summed E-state index contributed by atoms with van der Waals surface area (Å²) in [4.78, 5) is 12.5. The molecule has 3 rings (SSSR count). The van der Waals surface area contributed by atoms with E-state index in [2.05, 4.69) is 43.8 Å². The van der Waals surface area contributed by atoms with Gasteiger partial charge in [0, 0.05) is 5.69 Å². The molecule has 3 aromatic carbocycles. The Morgan fingerprint density at radius 3 is 2.50 bits per heavy atom. The van der Waals surface area contributed by atoms with Crippen LogP contribution in [0.1, 0.15) is 16.7 Å². The Morgan fingerprint density at radius 1 is 1.17 bits per heavy atom. The van der Waals surface area contributed by atoms with Gasteiger partial charge in [-0.05, 0) is 86.9 Å². The van der Waals surface area contributed by atoms with Gasteiger partial charge in [0.05, 0.1) is 8.04 Å². The fourth-order valence-corrected chi connectivity index (χ4v) is 4.45. The van der Waals surface area contributed by atoms with Crippen LogP contribution in [0.4, 0.5) is 5.69 Å². The third kappa shape index (κ3) is 5.94. The standard InChI is InChI=1S/C24H18BrIN2O2/c1-16-7-9-20(10-8-16)28-24(29)19(14-27)11-18-12-21(25)23(22(26)13-18)30-15-17-5-3-2-4-6-17/h2-13H,15H2,1H3,(H,28,29)/b19-11+. The van der Waals surface area contributed by atoms with E-state index >= 15 is 0 Å². The van der Waals surface area contributed by atoms with Crippen LogP contribution >= 0.6 is 38.5 Å². The molecular weight excluding hydrogens is 555 g/mol. The van der Waals surface area contributed by atoms with Crippen molar-refractivity contribution in [1.29, 1.82) is 5.26 Å². The molecule has 0 unspecified atom stereocenters. The first kappa shape index (κ1) is 22.1. The molecule has 0 fully saturated rings. The van der Waals surface area contributed by atoms with E-state index in [0.29, 0.717) is 12.3 Å². The van der Waals surface area contributed by atoms with Gasteiger partial charge in [-0.15, -0.1) is 0 Å². The minimum atomic E-state index is -0.447. The van der Waals surface area contributed by atoms with Crippen molar-refractivity contribution in [3.63, 3.8) is 0 Å². The molecule has 1 amide bonds. The summed E-state index contributed by atoms with van der Waals surface area (Å²) >= 11 is 5.72. The maximum atomic E-state index is 12.5. The molecule has 6 heteroatoms. The summed E-state index contributed by atoms with van der Waals surface area (Å²) in [6.07, 6.45) is 1.57. The van der Waals surface area contributed by atoms with Gasteiger partial charge in [0.2, 0.25) is 0 Å². The monoisotopic (exact) mass is 572 g/mol. The maximum absolute atomic E-state index is 12.5. The molecule has 0 aliphatic rings. The van der Waals surface area contributed by atoms with Gasteiger partial charge < -0.3 is 10.1 Å². The van der Waals surface area contributed by atoms with E-state index in [9.17, 15) is 10.1 Å². The zero-order valence-corrected chi connectivity index (χ0v) is 19.9. The topological polar surface area (TPSA) is 62.1 Å². The number of nitriles is 1. The molecule has 0 aliphatic heterocycles. The number of carbonyl (C=O) groups is 1. The lowest BCUT2D eigenvalue weighted by atomic mass is 10.1. The smallest absolute Gasteiger partial charge is 0.266 e. The van der Waals surface area contributed by atoms with Crippen LogP contribution in [0.5, 0.6) is 5.75 Å². The molecule has 0 saturated carbocycles. The average Bonchev–Trinajstić information content (AvgIpc) is 2.73. The van der Waals surface area contributed by atoms with Crippen molar-refractivity contribution in [2.45, 2.75) is 13.5 Å². The van der Waals surface area contributed by atoms with Crippen molar-refractivity contribution in [3.8, 4) is 11.8 Å². The Bertz CT molecular complexity index is 1100. The van der Waals surface area contributed by atoms with E-state index in [4.69, 9.17) is 4.74 Å². The summed E-state index contributed by atoms with van der Waals surface area (Å²) in [6.45, 7) is 2.42. The summed E-state index contributed by atoms with van der Waals surface area (Å²) in [7, 11) is 0.